The van der Waals surface area contributed by atoms with Gasteiger partial charge in [-0.1, -0.05) is 12.2 Å². The lowest BCUT2D eigenvalue weighted by molar-refractivity contribution is 0.261. The van der Waals surface area contributed by atoms with E-state index in [4.69, 9.17) is 0 Å². The van der Waals surface area contributed by atoms with Gasteiger partial charge in [0.2, 0.25) is 5.16 Å². The minimum absolute atomic E-state index is 0.147. The average Bonchev–Trinajstić information content (AvgIpc) is 2.48. The van der Waals surface area contributed by atoms with Gasteiger partial charge < -0.3 is 5.32 Å². The normalized spacial score (nSPS) is 9.86. The molecule has 14 heavy (non-hydrogen) atoms. The number of thioether (sulfide) groups is 1. The fraction of sp³-hybridized carbons (Fsp3) is 0.375. The van der Waals surface area contributed by atoms with Crippen LogP contribution in [0.4, 0.5) is 4.79 Å². The van der Waals surface area contributed by atoms with Gasteiger partial charge in [-0.2, -0.15) is 4.37 Å². The van der Waals surface area contributed by atoms with Crippen molar-refractivity contribution in [3.63, 3.8) is 0 Å². The third-order valence-electron chi connectivity index (χ3n) is 1.23. The summed E-state index contributed by atoms with van der Waals surface area (Å²) >= 11 is 2.29. The average molecular weight is 229 g/mol. The lowest BCUT2D eigenvalue weighted by Crippen LogP contribution is -2.20. The number of rotatable bonds is 3. The zero-order valence-corrected chi connectivity index (χ0v) is 9.67. The fourth-order valence-electron chi connectivity index (χ4n) is 0.664. The molecule has 76 valence electrons. The van der Waals surface area contributed by atoms with Crippen molar-refractivity contribution in [2.75, 3.05) is 6.54 Å². The van der Waals surface area contributed by atoms with Crippen molar-refractivity contribution >= 4 is 28.5 Å². The number of carbonyl (C=O) groups excluding carboxylic acids is 1. The largest absolute Gasteiger partial charge is 0.343 e. The van der Waals surface area contributed by atoms with E-state index < -0.39 is 0 Å². The molecule has 0 atom stereocenters. The van der Waals surface area contributed by atoms with Crippen molar-refractivity contribution in [2.24, 2.45) is 0 Å². The Morgan fingerprint density at radius 2 is 2.43 bits per heavy atom. The van der Waals surface area contributed by atoms with Crippen LogP contribution in [0.2, 0.25) is 0 Å². The van der Waals surface area contributed by atoms with Crippen LogP contribution in [0.25, 0.3) is 0 Å². The highest BCUT2D eigenvalue weighted by atomic mass is 32.2. The van der Waals surface area contributed by atoms with E-state index >= 15 is 0 Å². The first-order chi connectivity index (χ1) is 6.58. The van der Waals surface area contributed by atoms with Crippen LogP contribution in [0.1, 0.15) is 11.9 Å². The van der Waals surface area contributed by atoms with Gasteiger partial charge in [-0.3, -0.25) is 4.79 Å². The summed E-state index contributed by atoms with van der Waals surface area (Å²) in [6.07, 6.45) is 0. The van der Waals surface area contributed by atoms with Gasteiger partial charge in [0.25, 0.3) is 5.24 Å². The number of hydrogen-bond donors (Lipinski definition) is 1. The first kappa shape index (κ1) is 11.2. The summed E-state index contributed by atoms with van der Waals surface area (Å²) in [4.78, 5) is 15.3. The molecule has 0 aromatic carbocycles. The van der Waals surface area contributed by atoms with Gasteiger partial charge in [0.05, 0.1) is 0 Å². The SMILES string of the molecule is C=C(C)CNC(=O)Sc1nsc(C)n1. The number of aromatic nitrogens is 2. The molecular formula is C8H11N3OS2. The predicted octanol–water partition coefficient (Wildman–Crippen LogP) is 2.22. The van der Waals surface area contributed by atoms with Crippen LogP contribution in [0.15, 0.2) is 17.3 Å². The molecule has 0 unspecified atom stereocenters. The number of aryl methyl sites for hydroxylation is 1. The summed E-state index contributed by atoms with van der Waals surface area (Å²) < 4.78 is 3.99. The Morgan fingerprint density at radius 3 is 2.93 bits per heavy atom. The molecule has 0 spiro atoms. The first-order valence-electron chi connectivity index (χ1n) is 3.98. The number of nitrogens with zero attached hydrogens (tertiary/aromatic N) is 2. The molecule has 0 saturated carbocycles. The maximum absolute atomic E-state index is 11.3. The second-order valence-corrected chi connectivity index (χ2v) is 4.69. The first-order valence-corrected chi connectivity index (χ1v) is 5.57. The highest BCUT2D eigenvalue weighted by molar-refractivity contribution is 8.13. The van der Waals surface area contributed by atoms with Crippen LogP contribution in [0.3, 0.4) is 0 Å². The molecule has 0 aliphatic rings. The van der Waals surface area contributed by atoms with Crippen molar-refractivity contribution in [3.05, 3.63) is 17.2 Å². The number of carbonyl (C=O) groups is 1. The molecule has 0 saturated heterocycles. The zero-order valence-electron chi connectivity index (χ0n) is 8.03. The molecule has 0 radical (unpaired) electrons. The van der Waals surface area contributed by atoms with Crippen LogP contribution in [0, 0.1) is 6.92 Å². The lowest BCUT2D eigenvalue weighted by atomic mass is 10.4. The van der Waals surface area contributed by atoms with E-state index in [0.717, 1.165) is 22.3 Å². The Hall–Kier alpha value is -0.880. The van der Waals surface area contributed by atoms with E-state index in [2.05, 4.69) is 21.3 Å². The summed E-state index contributed by atoms with van der Waals surface area (Å²) in [5.41, 5.74) is 0.918. The van der Waals surface area contributed by atoms with Gasteiger partial charge in [0.15, 0.2) is 0 Å². The van der Waals surface area contributed by atoms with Gasteiger partial charge in [0.1, 0.15) is 5.01 Å². The molecule has 1 N–H and O–H groups in total. The maximum atomic E-state index is 11.3. The Balaban J connectivity index is 2.37. The monoisotopic (exact) mass is 229 g/mol. The molecule has 1 aromatic heterocycles. The number of amides is 1. The van der Waals surface area contributed by atoms with Crippen molar-refractivity contribution < 1.29 is 4.79 Å². The summed E-state index contributed by atoms with van der Waals surface area (Å²) in [7, 11) is 0. The molecule has 1 rings (SSSR count). The van der Waals surface area contributed by atoms with E-state index in [-0.39, 0.29) is 5.24 Å². The summed E-state index contributed by atoms with van der Waals surface area (Å²) in [5.74, 6) is 0. The smallest absolute Gasteiger partial charge is 0.287 e. The minimum atomic E-state index is -0.147. The van der Waals surface area contributed by atoms with E-state index in [9.17, 15) is 4.79 Å². The number of nitrogens with one attached hydrogen (secondary N) is 1. The van der Waals surface area contributed by atoms with E-state index in [1.807, 2.05) is 13.8 Å². The molecule has 1 amide bonds. The van der Waals surface area contributed by atoms with Crippen molar-refractivity contribution in [1.82, 2.24) is 14.7 Å². The highest BCUT2D eigenvalue weighted by Gasteiger charge is 2.07. The predicted molar refractivity (Wildman–Crippen MR) is 58.7 cm³/mol. The van der Waals surface area contributed by atoms with Crippen molar-refractivity contribution in [3.8, 4) is 0 Å². The van der Waals surface area contributed by atoms with Crippen LogP contribution in [0.5, 0.6) is 0 Å². The Kier molecular flexibility index (Phi) is 4.09. The third-order valence-corrected chi connectivity index (χ3v) is 2.66. The van der Waals surface area contributed by atoms with E-state index in [0.29, 0.717) is 11.7 Å². The van der Waals surface area contributed by atoms with Gasteiger partial charge in [0, 0.05) is 18.3 Å². The molecule has 1 aromatic rings. The molecule has 0 aliphatic carbocycles. The van der Waals surface area contributed by atoms with E-state index in [1.165, 1.54) is 11.5 Å². The molecule has 4 nitrogen and oxygen atoms in total. The Bertz CT molecular complexity index is 348. The quantitative estimate of drug-likeness (QED) is 0.638. The fourth-order valence-corrected chi connectivity index (χ4v) is 1.85. The molecule has 0 bridgehead atoms. The van der Waals surface area contributed by atoms with Gasteiger partial charge in [-0.05, 0) is 25.4 Å². The third kappa shape index (κ3) is 3.89. The van der Waals surface area contributed by atoms with Crippen molar-refractivity contribution in [2.45, 2.75) is 19.0 Å². The summed E-state index contributed by atoms with van der Waals surface area (Å²) in [5, 5.41) is 3.91. The Morgan fingerprint density at radius 1 is 1.71 bits per heavy atom. The molecule has 1 heterocycles. The van der Waals surface area contributed by atoms with Gasteiger partial charge >= 0.3 is 0 Å². The van der Waals surface area contributed by atoms with E-state index in [1.54, 1.807) is 0 Å². The second kappa shape index (κ2) is 5.11. The minimum Gasteiger partial charge on any atom is -0.343 e. The zero-order chi connectivity index (χ0) is 10.6. The van der Waals surface area contributed by atoms with Crippen LogP contribution in [-0.4, -0.2) is 21.1 Å². The molecule has 0 fully saturated rings. The maximum Gasteiger partial charge on any atom is 0.287 e. The van der Waals surface area contributed by atoms with Crippen LogP contribution in [-0.2, 0) is 0 Å². The Labute approximate surface area is 91.0 Å². The summed E-state index contributed by atoms with van der Waals surface area (Å²) in [6, 6.07) is 0. The van der Waals surface area contributed by atoms with Crippen LogP contribution >= 0.6 is 23.3 Å². The van der Waals surface area contributed by atoms with Gasteiger partial charge in [-0.25, -0.2) is 4.98 Å². The lowest BCUT2D eigenvalue weighted by Gasteiger charge is -2.00. The summed E-state index contributed by atoms with van der Waals surface area (Å²) in [6.45, 7) is 7.89. The second-order valence-electron chi connectivity index (χ2n) is 2.80. The topological polar surface area (TPSA) is 54.9 Å². The molecule has 6 heteroatoms. The number of hydrogen-bond acceptors (Lipinski definition) is 5. The van der Waals surface area contributed by atoms with Crippen LogP contribution < -0.4 is 5.32 Å². The molecular weight excluding hydrogens is 218 g/mol. The molecule has 0 aliphatic heterocycles. The standard InChI is InChI=1S/C8H11N3OS2/c1-5(2)4-9-8(12)13-7-10-6(3)14-11-7/h1,4H2,2-3H3,(H,9,12). The highest BCUT2D eigenvalue weighted by Crippen LogP contribution is 2.16. The van der Waals surface area contributed by atoms with Gasteiger partial charge in [-0.15, -0.1) is 0 Å². The van der Waals surface area contributed by atoms with Crippen molar-refractivity contribution in [1.29, 1.82) is 0 Å².